The van der Waals surface area contributed by atoms with Crippen molar-refractivity contribution in [1.82, 2.24) is 25.2 Å². The van der Waals surface area contributed by atoms with Crippen molar-refractivity contribution in [2.24, 2.45) is 5.10 Å². The van der Waals surface area contributed by atoms with Gasteiger partial charge in [0.2, 0.25) is 0 Å². The van der Waals surface area contributed by atoms with Crippen molar-refractivity contribution in [1.29, 1.82) is 0 Å². The number of nitrogens with zero attached hydrogens (tertiary/aromatic N) is 5. The molecule has 0 fully saturated rings. The van der Waals surface area contributed by atoms with Crippen molar-refractivity contribution in [3.05, 3.63) is 78.1 Å². The third kappa shape index (κ3) is 5.67. The number of hydrazone groups is 1. The molecule has 35 heavy (non-hydrogen) atoms. The number of methoxy groups -OCH3 is 2. The first kappa shape index (κ1) is 24.0. The number of amides is 1. The van der Waals surface area contributed by atoms with Crippen LogP contribution in [-0.4, -0.2) is 51.8 Å². The zero-order chi connectivity index (χ0) is 24.6. The maximum absolute atomic E-state index is 12.5. The van der Waals surface area contributed by atoms with E-state index in [2.05, 4.69) is 25.7 Å². The Morgan fingerprint density at radius 1 is 1.06 bits per heavy atom. The monoisotopic (exact) mass is 488 g/mol. The van der Waals surface area contributed by atoms with Crippen molar-refractivity contribution < 1.29 is 14.3 Å². The van der Waals surface area contributed by atoms with Crippen LogP contribution in [0.15, 0.2) is 77.2 Å². The highest BCUT2D eigenvalue weighted by Crippen LogP contribution is 2.30. The van der Waals surface area contributed by atoms with E-state index >= 15 is 0 Å². The van der Waals surface area contributed by atoms with Gasteiger partial charge in [0.05, 0.1) is 26.2 Å². The average Bonchev–Trinajstić information content (AvgIpc) is 3.32. The summed E-state index contributed by atoms with van der Waals surface area (Å²) in [7, 11) is 3.11. The molecule has 2 aromatic heterocycles. The Labute approximate surface area is 207 Å². The molecule has 0 atom stereocenters. The Morgan fingerprint density at radius 3 is 2.54 bits per heavy atom. The molecule has 4 aromatic rings. The van der Waals surface area contributed by atoms with E-state index in [4.69, 9.17) is 9.47 Å². The maximum atomic E-state index is 12.5. The van der Waals surface area contributed by atoms with Crippen LogP contribution in [0.2, 0.25) is 0 Å². The number of hydrogen-bond acceptors (Lipinski definition) is 8. The van der Waals surface area contributed by atoms with Crippen LogP contribution in [0.3, 0.4) is 0 Å². The number of aryl methyl sites for hydroxylation is 1. The Balaban J connectivity index is 1.49. The van der Waals surface area contributed by atoms with Crippen molar-refractivity contribution in [2.75, 3.05) is 20.0 Å². The topological polar surface area (TPSA) is 104 Å². The largest absolute Gasteiger partial charge is 0.493 e. The van der Waals surface area contributed by atoms with Crippen LogP contribution in [0.1, 0.15) is 11.1 Å². The number of aromatic nitrogens is 4. The summed E-state index contributed by atoms with van der Waals surface area (Å²) in [5.41, 5.74) is 6.15. The zero-order valence-electron chi connectivity index (χ0n) is 19.5. The quantitative estimate of drug-likeness (QED) is 0.216. The van der Waals surface area contributed by atoms with Gasteiger partial charge in [0, 0.05) is 29.2 Å². The Hall–Kier alpha value is -4.18. The number of carbonyl (C=O) groups is 1. The van der Waals surface area contributed by atoms with Gasteiger partial charge in [0.25, 0.3) is 5.91 Å². The first-order chi connectivity index (χ1) is 17.1. The Kier molecular flexibility index (Phi) is 7.74. The number of benzene rings is 2. The third-order valence-corrected chi connectivity index (χ3v) is 5.95. The molecule has 1 amide bonds. The molecule has 1 N–H and O–H groups in total. The van der Waals surface area contributed by atoms with Gasteiger partial charge in [-0.2, -0.15) is 5.10 Å². The second-order valence-corrected chi connectivity index (χ2v) is 8.32. The SMILES string of the molecule is COc1cccc(/C=N/NC(=O)CSc2nnc(-c3ccncc3)n2-c2ccc(C)cc2)c1OC. The van der Waals surface area contributed by atoms with E-state index in [1.807, 2.05) is 60.0 Å². The van der Waals surface area contributed by atoms with Gasteiger partial charge < -0.3 is 9.47 Å². The summed E-state index contributed by atoms with van der Waals surface area (Å²) in [4.78, 5) is 16.6. The van der Waals surface area contributed by atoms with Crippen molar-refractivity contribution >= 4 is 23.9 Å². The molecular weight excluding hydrogens is 464 g/mol. The molecule has 0 aliphatic heterocycles. The van der Waals surface area contributed by atoms with Gasteiger partial charge in [0.1, 0.15) is 0 Å². The highest BCUT2D eigenvalue weighted by atomic mass is 32.2. The summed E-state index contributed by atoms with van der Waals surface area (Å²) < 4.78 is 12.6. The van der Waals surface area contributed by atoms with Gasteiger partial charge in [-0.25, -0.2) is 5.43 Å². The fourth-order valence-corrected chi connectivity index (χ4v) is 4.07. The van der Waals surface area contributed by atoms with Gasteiger partial charge >= 0.3 is 0 Å². The summed E-state index contributed by atoms with van der Waals surface area (Å²) >= 11 is 1.27. The standard InChI is InChI=1S/C25H24N6O3S/c1-17-7-9-20(10-8-17)31-24(18-11-13-26-14-12-18)29-30-25(31)35-16-22(32)28-27-15-19-5-4-6-21(33-2)23(19)34-3/h4-15H,16H2,1-3H3,(H,28,32)/b27-15+. The molecule has 4 rings (SSSR count). The average molecular weight is 489 g/mol. The fourth-order valence-electron chi connectivity index (χ4n) is 3.33. The maximum Gasteiger partial charge on any atom is 0.250 e. The molecule has 9 nitrogen and oxygen atoms in total. The molecule has 0 saturated carbocycles. The van der Waals surface area contributed by atoms with Crippen LogP contribution in [0.5, 0.6) is 11.5 Å². The number of ether oxygens (including phenoxy) is 2. The predicted octanol–water partition coefficient (Wildman–Crippen LogP) is 3.90. The van der Waals surface area contributed by atoms with Gasteiger partial charge in [-0.1, -0.05) is 35.5 Å². The lowest BCUT2D eigenvalue weighted by Gasteiger charge is -2.10. The number of rotatable bonds is 9. The molecule has 2 aromatic carbocycles. The van der Waals surface area contributed by atoms with E-state index in [9.17, 15) is 4.79 Å². The van der Waals surface area contributed by atoms with Gasteiger partial charge in [-0.05, 0) is 43.3 Å². The molecule has 0 bridgehead atoms. The van der Waals surface area contributed by atoms with Crippen LogP contribution in [-0.2, 0) is 4.79 Å². The van der Waals surface area contributed by atoms with Gasteiger partial charge in [-0.15, -0.1) is 10.2 Å². The predicted molar refractivity (Wildman–Crippen MR) is 135 cm³/mol. The lowest BCUT2D eigenvalue weighted by atomic mass is 10.2. The zero-order valence-corrected chi connectivity index (χ0v) is 20.3. The second kappa shape index (κ2) is 11.3. The van der Waals surface area contributed by atoms with Crippen molar-refractivity contribution in [2.45, 2.75) is 12.1 Å². The molecule has 0 aliphatic rings. The summed E-state index contributed by atoms with van der Waals surface area (Å²) in [6.45, 7) is 2.03. The number of para-hydroxylation sites is 1. The number of pyridine rings is 1. The number of thioether (sulfide) groups is 1. The van der Waals surface area contributed by atoms with Crippen LogP contribution in [0, 0.1) is 6.92 Å². The van der Waals surface area contributed by atoms with E-state index in [0.29, 0.717) is 28.0 Å². The molecule has 0 spiro atoms. The second-order valence-electron chi connectivity index (χ2n) is 7.38. The van der Waals surface area contributed by atoms with Crippen molar-refractivity contribution in [3.63, 3.8) is 0 Å². The van der Waals surface area contributed by atoms with E-state index < -0.39 is 0 Å². The molecule has 0 unspecified atom stereocenters. The fraction of sp³-hybridized carbons (Fsp3) is 0.160. The van der Waals surface area contributed by atoms with Crippen LogP contribution in [0.25, 0.3) is 17.1 Å². The minimum atomic E-state index is -0.281. The molecule has 0 radical (unpaired) electrons. The Morgan fingerprint density at radius 2 is 1.83 bits per heavy atom. The van der Waals surface area contributed by atoms with Gasteiger partial charge in [-0.3, -0.25) is 14.3 Å². The minimum absolute atomic E-state index is 0.104. The molecule has 178 valence electrons. The van der Waals surface area contributed by atoms with E-state index in [-0.39, 0.29) is 11.7 Å². The van der Waals surface area contributed by atoms with E-state index in [1.54, 1.807) is 32.7 Å². The molecule has 0 saturated heterocycles. The molecular formula is C25H24N6O3S. The van der Waals surface area contributed by atoms with Crippen LogP contribution < -0.4 is 14.9 Å². The first-order valence-corrected chi connectivity index (χ1v) is 11.7. The third-order valence-electron chi connectivity index (χ3n) is 5.02. The molecule has 0 aliphatic carbocycles. The van der Waals surface area contributed by atoms with E-state index in [1.165, 1.54) is 18.0 Å². The molecule has 2 heterocycles. The van der Waals surface area contributed by atoms with Crippen LogP contribution in [0.4, 0.5) is 0 Å². The number of hydrogen-bond donors (Lipinski definition) is 1. The van der Waals surface area contributed by atoms with Crippen molar-refractivity contribution in [3.8, 4) is 28.6 Å². The lowest BCUT2D eigenvalue weighted by Crippen LogP contribution is -2.20. The minimum Gasteiger partial charge on any atom is -0.493 e. The molecule has 10 heteroatoms. The van der Waals surface area contributed by atoms with Gasteiger partial charge in [0.15, 0.2) is 22.5 Å². The van der Waals surface area contributed by atoms with E-state index in [0.717, 1.165) is 16.8 Å². The summed E-state index contributed by atoms with van der Waals surface area (Å²) in [5, 5.41) is 13.4. The summed E-state index contributed by atoms with van der Waals surface area (Å²) in [6.07, 6.45) is 4.93. The smallest absolute Gasteiger partial charge is 0.250 e. The normalized spacial score (nSPS) is 10.9. The lowest BCUT2D eigenvalue weighted by molar-refractivity contribution is -0.118. The summed E-state index contributed by atoms with van der Waals surface area (Å²) in [5.74, 6) is 1.61. The highest BCUT2D eigenvalue weighted by Gasteiger charge is 2.17. The number of nitrogens with one attached hydrogen (secondary N) is 1. The first-order valence-electron chi connectivity index (χ1n) is 10.7. The Bertz CT molecular complexity index is 1320. The highest BCUT2D eigenvalue weighted by molar-refractivity contribution is 7.99. The van der Waals surface area contributed by atoms with Crippen LogP contribution >= 0.6 is 11.8 Å². The number of carbonyl (C=O) groups excluding carboxylic acids is 1. The summed E-state index contributed by atoms with van der Waals surface area (Å²) in [6, 6.07) is 17.2.